The van der Waals surface area contributed by atoms with E-state index < -0.39 is 11.7 Å². The molecule has 0 spiro atoms. The molecule has 2 amide bonds. The number of carbonyl (C=O) groups is 2. The molecule has 1 aromatic carbocycles. The molecule has 0 saturated carbocycles. The zero-order chi connectivity index (χ0) is 15.7. The van der Waals surface area contributed by atoms with Gasteiger partial charge >= 0.3 is 0 Å². The number of hydrogen-bond acceptors (Lipinski definition) is 3. The summed E-state index contributed by atoms with van der Waals surface area (Å²) in [7, 11) is 0. The van der Waals surface area contributed by atoms with E-state index in [9.17, 15) is 14.0 Å². The smallest absolute Gasteiger partial charge is 0.251 e. The molecule has 0 aliphatic heterocycles. The second kappa shape index (κ2) is 8.72. The maximum Gasteiger partial charge on any atom is 0.251 e. The summed E-state index contributed by atoms with van der Waals surface area (Å²) in [4.78, 5) is 23.0. The van der Waals surface area contributed by atoms with E-state index in [0.29, 0.717) is 6.54 Å². The number of carbonyl (C=O) groups excluding carboxylic acids is 2. The second-order valence-corrected chi connectivity index (χ2v) is 4.11. The number of aliphatic hydroxyl groups is 1. The molecule has 0 radical (unpaired) electrons. The molecule has 3 N–H and O–H groups in total. The Bertz CT molecular complexity index is 576. The van der Waals surface area contributed by atoms with Crippen LogP contribution in [0.4, 0.5) is 4.39 Å². The third kappa shape index (κ3) is 5.63. The van der Waals surface area contributed by atoms with E-state index in [-0.39, 0.29) is 36.6 Å². The molecule has 0 saturated heterocycles. The van der Waals surface area contributed by atoms with E-state index in [1.54, 1.807) is 6.92 Å². The summed E-state index contributed by atoms with van der Waals surface area (Å²) in [6.45, 7) is 2.00. The van der Waals surface area contributed by atoms with Crippen LogP contribution >= 0.6 is 0 Å². The lowest BCUT2D eigenvalue weighted by Crippen LogP contribution is -2.36. The predicted molar refractivity (Wildman–Crippen MR) is 76.0 cm³/mol. The summed E-state index contributed by atoms with van der Waals surface area (Å²) in [5.74, 6) is 3.71. The summed E-state index contributed by atoms with van der Waals surface area (Å²) in [6, 6.07) is 3.88. The van der Waals surface area contributed by atoms with Gasteiger partial charge in [-0.3, -0.25) is 9.59 Å². The molecule has 5 nitrogen and oxygen atoms in total. The van der Waals surface area contributed by atoms with Gasteiger partial charge in [-0.1, -0.05) is 11.8 Å². The van der Waals surface area contributed by atoms with E-state index in [4.69, 9.17) is 5.11 Å². The second-order valence-electron chi connectivity index (χ2n) is 4.11. The maximum atomic E-state index is 13.7. The average Bonchev–Trinajstić information content (AvgIpc) is 2.47. The van der Waals surface area contributed by atoms with Gasteiger partial charge in [-0.05, 0) is 25.1 Å². The predicted octanol–water partition coefficient (Wildman–Crippen LogP) is 0.425. The minimum Gasteiger partial charge on any atom is -0.395 e. The monoisotopic (exact) mass is 292 g/mol. The number of likely N-dealkylation sites (N-methyl/N-ethyl adjacent to an activating group) is 1. The van der Waals surface area contributed by atoms with E-state index >= 15 is 0 Å². The normalized spacial score (nSPS) is 9.48. The van der Waals surface area contributed by atoms with Crippen molar-refractivity contribution in [2.75, 3.05) is 19.7 Å². The first-order valence-electron chi connectivity index (χ1n) is 6.52. The van der Waals surface area contributed by atoms with Crippen molar-refractivity contribution in [2.24, 2.45) is 0 Å². The first-order valence-corrected chi connectivity index (χ1v) is 6.52. The van der Waals surface area contributed by atoms with Crippen LogP contribution in [0.2, 0.25) is 0 Å². The molecule has 6 heteroatoms. The van der Waals surface area contributed by atoms with Crippen molar-refractivity contribution in [3.63, 3.8) is 0 Å². The van der Waals surface area contributed by atoms with E-state index in [2.05, 4.69) is 22.5 Å². The molecule has 0 heterocycles. The highest BCUT2D eigenvalue weighted by Gasteiger charge is 2.10. The minimum absolute atomic E-state index is 0.0884. The Hall–Kier alpha value is -2.39. The molecule has 0 fully saturated rings. The van der Waals surface area contributed by atoms with Crippen LogP contribution in [0.1, 0.15) is 29.3 Å². The van der Waals surface area contributed by atoms with Crippen LogP contribution in [0.25, 0.3) is 0 Å². The molecular formula is C15H17FN2O3. The zero-order valence-electron chi connectivity index (χ0n) is 11.7. The SMILES string of the molecule is CCNC(=O)CNC(=O)c1ccc(C#CCCO)c(F)c1. The van der Waals surface area contributed by atoms with Crippen molar-refractivity contribution < 1.29 is 19.1 Å². The molecule has 112 valence electrons. The van der Waals surface area contributed by atoms with Gasteiger partial charge in [0.15, 0.2) is 0 Å². The van der Waals surface area contributed by atoms with Crippen molar-refractivity contribution in [3.05, 3.63) is 35.1 Å². The van der Waals surface area contributed by atoms with Crippen molar-refractivity contribution in [1.82, 2.24) is 10.6 Å². The molecule has 0 aliphatic rings. The summed E-state index contributed by atoms with van der Waals surface area (Å²) < 4.78 is 13.7. The van der Waals surface area contributed by atoms with Crippen LogP contribution in [-0.2, 0) is 4.79 Å². The molecule has 0 aliphatic carbocycles. The number of hydrogen-bond donors (Lipinski definition) is 3. The summed E-state index contributed by atoms with van der Waals surface area (Å²) in [5, 5.41) is 13.5. The standard InChI is InChI=1S/C15H17FN2O3/c1-2-17-14(20)10-18-15(21)12-7-6-11(13(16)9-12)5-3-4-8-19/h6-7,9,19H,2,4,8,10H2,1H3,(H,17,20)(H,18,21). The van der Waals surface area contributed by atoms with E-state index in [1.165, 1.54) is 12.1 Å². The number of halogens is 1. The fraction of sp³-hybridized carbons (Fsp3) is 0.333. The molecular weight excluding hydrogens is 275 g/mol. The van der Waals surface area contributed by atoms with Gasteiger partial charge in [0.2, 0.25) is 5.91 Å². The minimum atomic E-state index is -0.619. The quantitative estimate of drug-likeness (QED) is 0.689. The largest absolute Gasteiger partial charge is 0.395 e. The fourth-order valence-corrected chi connectivity index (χ4v) is 1.49. The molecule has 0 aromatic heterocycles. The first kappa shape index (κ1) is 16.7. The van der Waals surface area contributed by atoms with Gasteiger partial charge < -0.3 is 15.7 Å². The number of nitrogens with one attached hydrogen (secondary N) is 2. The highest BCUT2D eigenvalue weighted by molar-refractivity contribution is 5.96. The lowest BCUT2D eigenvalue weighted by molar-refractivity contribution is -0.120. The molecule has 21 heavy (non-hydrogen) atoms. The van der Waals surface area contributed by atoms with E-state index in [1.807, 2.05) is 0 Å². The van der Waals surface area contributed by atoms with Crippen LogP contribution in [0.15, 0.2) is 18.2 Å². The number of benzene rings is 1. The topological polar surface area (TPSA) is 78.4 Å². The number of rotatable bonds is 5. The van der Waals surface area contributed by atoms with Crippen LogP contribution in [-0.4, -0.2) is 36.6 Å². The van der Waals surface area contributed by atoms with Gasteiger partial charge in [-0.2, -0.15) is 0 Å². The van der Waals surface area contributed by atoms with Gasteiger partial charge in [-0.15, -0.1) is 0 Å². The molecule has 0 atom stereocenters. The van der Waals surface area contributed by atoms with Crippen LogP contribution in [0, 0.1) is 17.7 Å². The lowest BCUT2D eigenvalue weighted by Gasteiger charge is -2.06. The Kier molecular flexibility index (Phi) is 6.92. The van der Waals surface area contributed by atoms with Gasteiger partial charge in [0.25, 0.3) is 5.91 Å². The van der Waals surface area contributed by atoms with Crippen LogP contribution in [0.3, 0.4) is 0 Å². The van der Waals surface area contributed by atoms with Crippen molar-refractivity contribution >= 4 is 11.8 Å². The molecule has 1 rings (SSSR count). The van der Waals surface area contributed by atoms with Gasteiger partial charge in [0, 0.05) is 18.5 Å². The molecule has 0 bridgehead atoms. The maximum absolute atomic E-state index is 13.7. The Morgan fingerprint density at radius 1 is 1.33 bits per heavy atom. The Labute approximate surface area is 122 Å². The Morgan fingerprint density at radius 3 is 2.71 bits per heavy atom. The van der Waals surface area contributed by atoms with Gasteiger partial charge in [-0.25, -0.2) is 4.39 Å². The van der Waals surface area contributed by atoms with Crippen molar-refractivity contribution in [2.45, 2.75) is 13.3 Å². The van der Waals surface area contributed by atoms with Gasteiger partial charge in [0.1, 0.15) is 5.82 Å². The van der Waals surface area contributed by atoms with Gasteiger partial charge in [0.05, 0.1) is 18.7 Å². The Morgan fingerprint density at radius 2 is 2.10 bits per heavy atom. The summed E-state index contributed by atoms with van der Waals surface area (Å²) >= 11 is 0. The van der Waals surface area contributed by atoms with E-state index in [0.717, 1.165) is 6.07 Å². The average molecular weight is 292 g/mol. The fourth-order valence-electron chi connectivity index (χ4n) is 1.49. The Balaban J connectivity index is 2.68. The first-order chi connectivity index (χ1) is 10.1. The number of aliphatic hydroxyl groups excluding tert-OH is 1. The van der Waals surface area contributed by atoms with Crippen molar-refractivity contribution in [3.8, 4) is 11.8 Å². The van der Waals surface area contributed by atoms with Crippen LogP contribution in [0.5, 0.6) is 0 Å². The zero-order valence-corrected chi connectivity index (χ0v) is 11.7. The molecule has 1 aromatic rings. The lowest BCUT2D eigenvalue weighted by atomic mass is 10.1. The highest BCUT2D eigenvalue weighted by Crippen LogP contribution is 2.09. The third-order valence-corrected chi connectivity index (χ3v) is 2.47. The van der Waals surface area contributed by atoms with Crippen molar-refractivity contribution in [1.29, 1.82) is 0 Å². The summed E-state index contributed by atoms with van der Waals surface area (Å²) in [6.07, 6.45) is 0.258. The molecule has 0 unspecified atom stereocenters. The third-order valence-electron chi connectivity index (χ3n) is 2.47. The summed E-state index contributed by atoms with van der Waals surface area (Å²) in [5.41, 5.74) is 0.272. The number of amides is 2. The highest BCUT2D eigenvalue weighted by atomic mass is 19.1. The van der Waals surface area contributed by atoms with Crippen LogP contribution < -0.4 is 10.6 Å².